The van der Waals surface area contributed by atoms with Gasteiger partial charge >= 0.3 is 12.1 Å². The molecule has 2 rings (SSSR count). The molecule has 1 amide bonds. The van der Waals surface area contributed by atoms with Crippen LogP contribution < -0.4 is 5.32 Å². The lowest BCUT2D eigenvalue weighted by Crippen LogP contribution is -2.41. The molecule has 1 heterocycles. The fourth-order valence-corrected chi connectivity index (χ4v) is 3.04. The normalized spacial score (nSPS) is 16.3. The fraction of sp³-hybridized carbons (Fsp3) is 0.529. The Labute approximate surface area is 154 Å². The van der Waals surface area contributed by atoms with Gasteiger partial charge in [0.2, 0.25) is 5.91 Å². The predicted octanol–water partition coefficient (Wildman–Crippen LogP) is 3.57. The Bertz CT molecular complexity index is 659. The maximum atomic E-state index is 12.9. The Morgan fingerprint density at radius 1 is 1.31 bits per heavy atom. The average Bonchev–Trinajstić information content (AvgIpc) is 2.56. The molecule has 1 aliphatic rings. The summed E-state index contributed by atoms with van der Waals surface area (Å²) >= 11 is 5.56. The Kier molecular flexibility index (Phi) is 6.88. The molecule has 1 fully saturated rings. The molecule has 0 aliphatic carbocycles. The van der Waals surface area contributed by atoms with Gasteiger partial charge in [-0.25, -0.2) is 0 Å². The van der Waals surface area contributed by atoms with Crippen LogP contribution >= 0.6 is 11.6 Å². The first-order valence-corrected chi connectivity index (χ1v) is 8.64. The van der Waals surface area contributed by atoms with E-state index in [1.807, 2.05) is 4.90 Å². The summed E-state index contributed by atoms with van der Waals surface area (Å²) in [5.74, 6) is -0.813. The van der Waals surface area contributed by atoms with Crippen molar-refractivity contribution >= 4 is 29.2 Å². The number of nitrogens with zero attached hydrogens (tertiary/aromatic N) is 1. The summed E-state index contributed by atoms with van der Waals surface area (Å²) in [6, 6.07) is 3.24. The first-order valence-electron chi connectivity index (χ1n) is 8.26. The molecule has 0 unspecified atom stereocenters. The van der Waals surface area contributed by atoms with Crippen molar-refractivity contribution in [3.63, 3.8) is 0 Å². The number of hydrogen-bond donors (Lipinski definition) is 1. The van der Waals surface area contributed by atoms with E-state index in [4.69, 9.17) is 16.3 Å². The van der Waals surface area contributed by atoms with Crippen LogP contribution in [0, 0.1) is 5.92 Å². The first kappa shape index (κ1) is 20.5. The average molecular weight is 393 g/mol. The number of piperidine rings is 1. The zero-order chi connectivity index (χ0) is 19.3. The summed E-state index contributed by atoms with van der Waals surface area (Å²) in [4.78, 5) is 25.6. The third kappa shape index (κ3) is 5.60. The first-order chi connectivity index (χ1) is 12.2. The lowest BCUT2D eigenvalue weighted by molar-refractivity contribution is -0.149. The molecule has 26 heavy (non-hydrogen) atoms. The number of carbonyl (C=O) groups excluding carboxylic acids is 2. The van der Waals surface area contributed by atoms with Gasteiger partial charge in [-0.15, -0.1) is 0 Å². The summed E-state index contributed by atoms with van der Waals surface area (Å²) in [6.07, 6.45) is -3.41. The third-order valence-corrected chi connectivity index (χ3v) is 4.46. The molecule has 1 aromatic carbocycles. The van der Waals surface area contributed by atoms with Crippen LogP contribution in [-0.4, -0.2) is 43.0 Å². The van der Waals surface area contributed by atoms with E-state index in [0.29, 0.717) is 32.5 Å². The van der Waals surface area contributed by atoms with Crippen molar-refractivity contribution in [1.82, 2.24) is 4.90 Å². The number of halogens is 4. The summed E-state index contributed by atoms with van der Waals surface area (Å²) in [6.45, 7) is 3.22. The maximum Gasteiger partial charge on any atom is 0.417 e. The number of esters is 1. The van der Waals surface area contributed by atoms with Gasteiger partial charge in [0.25, 0.3) is 0 Å². The number of benzene rings is 1. The molecule has 0 aromatic heterocycles. The molecular formula is C17H20ClF3N2O3. The second-order valence-electron chi connectivity index (χ2n) is 6.04. The summed E-state index contributed by atoms with van der Waals surface area (Å²) in [7, 11) is 0. The summed E-state index contributed by atoms with van der Waals surface area (Å²) < 4.78 is 43.5. The van der Waals surface area contributed by atoms with E-state index >= 15 is 0 Å². The monoisotopic (exact) mass is 392 g/mol. The van der Waals surface area contributed by atoms with Crippen LogP contribution in [0.25, 0.3) is 0 Å². The minimum absolute atomic E-state index is 0.0353. The number of ether oxygens (including phenoxy) is 1. The van der Waals surface area contributed by atoms with Gasteiger partial charge in [-0.1, -0.05) is 11.6 Å². The second-order valence-corrected chi connectivity index (χ2v) is 6.45. The minimum Gasteiger partial charge on any atom is -0.466 e. The van der Waals surface area contributed by atoms with E-state index in [-0.39, 0.29) is 24.1 Å². The highest BCUT2D eigenvalue weighted by Gasteiger charge is 2.33. The highest BCUT2D eigenvalue weighted by molar-refractivity contribution is 6.31. The molecule has 0 bridgehead atoms. The van der Waals surface area contributed by atoms with Crippen molar-refractivity contribution in [2.45, 2.75) is 25.9 Å². The smallest absolute Gasteiger partial charge is 0.417 e. The molecule has 0 spiro atoms. The van der Waals surface area contributed by atoms with Crippen molar-refractivity contribution in [1.29, 1.82) is 0 Å². The van der Waals surface area contributed by atoms with E-state index in [9.17, 15) is 22.8 Å². The van der Waals surface area contributed by atoms with Gasteiger partial charge < -0.3 is 10.1 Å². The zero-order valence-electron chi connectivity index (χ0n) is 14.2. The molecule has 9 heteroatoms. The largest absolute Gasteiger partial charge is 0.466 e. The Morgan fingerprint density at radius 2 is 1.96 bits per heavy atom. The van der Waals surface area contributed by atoms with Gasteiger partial charge in [0.15, 0.2) is 0 Å². The Hall–Kier alpha value is -1.80. The van der Waals surface area contributed by atoms with Crippen molar-refractivity contribution in [2.75, 3.05) is 31.6 Å². The molecule has 0 radical (unpaired) electrons. The zero-order valence-corrected chi connectivity index (χ0v) is 15.0. The van der Waals surface area contributed by atoms with Gasteiger partial charge in [0.05, 0.1) is 29.7 Å². The highest BCUT2D eigenvalue weighted by atomic mass is 35.5. The highest BCUT2D eigenvalue weighted by Crippen LogP contribution is 2.36. The van der Waals surface area contributed by atoms with Crippen LogP contribution in [0.2, 0.25) is 5.02 Å². The van der Waals surface area contributed by atoms with E-state index in [1.165, 1.54) is 6.07 Å². The summed E-state index contributed by atoms with van der Waals surface area (Å²) in [5, 5.41) is 2.03. The lowest BCUT2D eigenvalue weighted by Gasteiger charge is -2.30. The molecular weight excluding hydrogens is 373 g/mol. The number of anilines is 1. The number of amides is 1. The van der Waals surface area contributed by atoms with Crippen LogP contribution in [0.1, 0.15) is 25.3 Å². The van der Waals surface area contributed by atoms with Crippen LogP contribution in [0.5, 0.6) is 0 Å². The fourth-order valence-electron chi connectivity index (χ4n) is 2.81. The Morgan fingerprint density at radius 3 is 2.54 bits per heavy atom. The van der Waals surface area contributed by atoms with E-state index < -0.39 is 22.7 Å². The Balaban J connectivity index is 1.87. The molecule has 0 saturated carbocycles. The van der Waals surface area contributed by atoms with Gasteiger partial charge in [-0.05, 0) is 51.1 Å². The number of carbonyl (C=O) groups is 2. The van der Waals surface area contributed by atoms with E-state index in [1.54, 1.807) is 6.92 Å². The van der Waals surface area contributed by atoms with Crippen molar-refractivity contribution < 1.29 is 27.5 Å². The van der Waals surface area contributed by atoms with E-state index in [2.05, 4.69) is 5.32 Å². The van der Waals surface area contributed by atoms with E-state index in [0.717, 1.165) is 12.1 Å². The standard InChI is InChI=1S/C17H20ClF3N2O3/c1-2-26-16(25)11-5-7-23(8-6-11)10-15(24)22-12-3-4-14(18)13(9-12)17(19,20)21/h3-4,9,11H,2,5-8,10H2,1H3,(H,22,24). The number of likely N-dealkylation sites (tertiary alicyclic amines) is 1. The quantitative estimate of drug-likeness (QED) is 0.778. The number of hydrogen-bond acceptors (Lipinski definition) is 4. The predicted molar refractivity (Wildman–Crippen MR) is 90.9 cm³/mol. The van der Waals surface area contributed by atoms with Gasteiger partial charge in [0.1, 0.15) is 0 Å². The number of nitrogens with one attached hydrogen (secondary N) is 1. The molecule has 1 saturated heterocycles. The minimum atomic E-state index is -4.59. The molecule has 1 aliphatic heterocycles. The van der Waals surface area contributed by atoms with Gasteiger partial charge in [-0.2, -0.15) is 13.2 Å². The van der Waals surface area contributed by atoms with Crippen LogP contribution in [-0.2, 0) is 20.5 Å². The maximum absolute atomic E-state index is 12.9. The van der Waals surface area contributed by atoms with Gasteiger partial charge in [-0.3, -0.25) is 14.5 Å². The molecule has 5 nitrogen and oxygen atoms in total. The van der Waals surface area contributed by atoms with Crippen LogP contribution in [0.4, 0.5) is 18.9 Å². The molecule has 1 aromatic rings. The third-order valence-electron chi connectivity index (χ3n) is 4.13. The SMILES string of the molecule is CCOC(=O)C1CCN(CC(=O)Nc2ccc(Cl)c(C(F)(F)F)c2)CC1. The van der Waals surface area contributed by atoms with Crippen molar-refractivity contribution in [2.24, 2.45) is 5.92 Å². The lowest BCUT2D eigenvalue weighted by atomic mass is 9.97. The number of alkyl halides is 3. The molecule has 1 N–H and O–H groups in total. The van der Waals surface area contributed by atoms with Gasteiger partial charge in [0, 0.05) is 5.69 Å². The van der Waals surface area contributed by atoms with Crippen LogP contribution in [0.3, 0.4) is 0 Å². The second kappa shape index (κ2) is 8.73. The topological polar surface area (TPSA) is 58.6 Å². The van der Waals surface area contributed by atoms with Crippen LogP contribution in [0.15, 0.2) is 18.2 Å². The number of rotatable bonds is 5. The summed E-state index contributed by atoms with van der Waals surface area (Å²) in [5.41, 5.74) is -0.958. The van der Waals surface area contributed by atoms with Crippen molar-refractivity contribution in [3.8, 4) is 0 Å². The van der Waals surface area contributed by atoms with Crippen molar-refractivity contribution in [3.05, 3.63) is 28.8 Å². The molecule has 0 atom stereocenters. The molecule has 144 valence electrons.